The van der Waals surface area contributed by atoms with Gasteiger partial charge in [-0.3, -0.25) is 0 Å². The predicted octanol–water partition coefficient (Wildman–Crippen LogP) is 0.259. The maximum Gasteiger partial charge on any atom is 1.00 e. The molecule has 0 saturated heterocycles. The summed E-state index contributed by atoms with van der Waals surface area (Å²) in [4.78, 5) is 10.0. The van der Waals surface area contributed by atoms with Gasteiger partial charge in [0.2, 0.25) is 5.67 Å². The van der Waals surface area contributed by atoms with Crippen LogP contribution in [0.4, 0.5) is 57.1 Å². The van der Waals surface area contributed by atoms with Gasteiger partial charge in [-0.2, -0.15) is 52.7 Å². The first-order valence-electron chi connectivity index (χ1n) is 5.32. The van der Waals surface area contributed by atoms with Crippen molar-refractivity contribution in [2.24, 2.45) is 0 Å². The van der Waals surface area contributed by atoms with Crippen LogP contribution in [-0.2, 0) is 4.79 Å². The minimum absolute atomic E-state index is 0. The molecule has 0 radical (unpaired) electrons. The Bertz CT molecular complexity index is 483. The van der Waals surface area contributed by atoms with Gasteiger partial charge in [0.05, 0.1) is 5.97 Å². The third kappa shape index (κ3) is 4.64. The van der Waals surface area contributed by atoms with Crippen LogP contribution in [0.3, 0.4) is 0 Å². The molecular weight excluding hydrogens is 410 g/mol. The molecule has 0 aliphatic rings. The Labute approximate surface area is 151 Å². The fourth-order valence-corrected chi connectivity index (χ4v) is 1.25. The maximum atomic E-state index is 13.1. The van der Waals surface area contributed by atoms with E-state index in [-0.39, 0.29) is 29.6 Å². The van der Waals surface area contributed by atoms with Crippen molar-refractivity contribution in [3.05, 3.63) is 0 Å². The number of alkyl halides is 13. The van der Waals surface area contributed by atoms with Gasteiger partial charge in [0.25, 0.3) is 0 Å². The SMILES string of the molecule is O=C([O-])C(F)(CCC(F)(F)C(F)(F)C(F)(F)C(F)(F)F)C(F)(F)F.[Na+]. The van der Waals surface area contributed by atoms with Gasteiger partial charge in [0, 0.05) is 12.8 Å². The first kappa shape index (κ1) is 26.8. The van der Waals surface area contributed by atoms with Gasteiger partial charge in [-0.15, -0.1) is 0 Å². The summed E-state index contributed by atoms with van der Waals surface area (Å²) >= 11 is 0. The molecule has 16 heteroatoms. The molecular formula is C9H4F13NaO2. The van der Waals surface area contributed by atoms with Crippen LogP contribution in [-0.4, -0.2) is 41.8 Å². The van der Waals surface area contributed by atoms with Crippen molar-refractivity contribution >= 4 is 5.97 Å². The van der Waals surface area contributed by atoms with Gasteiger partial charge >= 0.3 is 59.7 Å². The Morgan fingerprint density at radius 1 is 0.640 bits per heavy atom. The maximum absolute atomic E-state index is 13.1. The Hall–Kier alpha value is -0.440. The average molecular weight is 414 g/mol. The molecule has 0 N–H and O–H groups in total. The number of carboxylic acids is 1. The van der Waals surface area contributed by atoms with Crippen molar-refractivity contribution in [2.45, 2.75) is 48.6 Å². The summed E-state index contributed by atoms with van der Waals surface area (Å²) in [5.41, 5.74) is -5.67. The van der Waals surface area contributed by atoms with Crippen LogP contribution < -0.4 is 34.7 Å². The molecule has 0 bridgehead atoms. The molecule has 1 unspecified atom stereocenters. The largest absolute Gasteiger partial charge is 1.00 e. The molecule has 2 nitrogen and oxygen atoms in total. The van der Waals surface area contributed by atoms with E-state index < -0.39 is 54.6 Å². The number of hydrogen-bond acceptors (Lipinski definition) is 2. The van der Waals surface area contributed by atoms with Gasteiger partial charge in [0.15, 0.2) is 0 Å². The van der Waals surface area contributed by atoms with Crippen molar-refractivity contribution in [3.8, 4) is 0 Å². The topological polar surface area (TPSA) is 40.1 Å². The molecule has 1 atom stereocenters. The number of carbonyl (C=O) groups is 1. The summed E-state index contributed by atoms with van der Waals surface area (Å²) < 4.78 is 161. The van der Waals surface area contributed by atoms with Crippen molar-refractivity contribution in [3.63, 3.8) is 0 Å². The van der Waals surface area contributed by atoms with E-state index in [1.807, 2.05) is 0 Å². The van der Waals surface area contributed by atoms with Crippen LogP contribution in [0.2, 0.25) is 0 Å². The van der Waals surface area contributed by atoms with Crippen LogP contribution >= 0.6 is 0 Å². The van der Waals surface area contributed by atoms with E-state index in [0.717, 1.165) is 0 Å². The van der Waals surface area contributed by atoms with Crippen LogP contribution in [0.1, 0.15) is 12.8 Å². The van der Waals surface area contributed by atoms with Crippen LogP contribution in [0.15, 0.2) is 0 Å². The first-order chi connectivity index (χ1) is 10.2. The van der Waals surface area contributed by atoms with Gasteiger partial charge < -0.3 is 9.90 Å². The van der Waals surface area contributed by atoms with E-state index >= 15 is 0 Å². The van der Waals surface area contributed by atoms with E-state index in [4.69, 9.17) is 0 Å². The summed E-state index contributed by atoms with van der Waals surface area (Å²) in [6, 6.07) is 0. The summed E-state index contributed by atoms with van der Waals surface area (Å²) in [7, 11) is 0. The third-order valence-corrected chi connectivity index (χ3v) is 2.77. The van der Waals surface area contributed by atoms with Crippen molar-refractivity contribution < 1.29 is 96.5 Å². The molecule has 0 amide bonds. The Kier molecular flexibility index (Phi) is 7.81. The molecule has 25 heavy (non-hydrogen) atoms. The van der Waals surface area contributed by atoms with Crippen molar-refractivity contribution in [1.29, 1.82) is 0 Å². The van der Waals surface area contributed by atoms with Gasteiger partial charge in [0.1, 0.15) is 0 Å². The van der Waals surface area contributed by atoms with Crippen molar-refractivity contribution in [1.82, 2.24) is 0 Å². The minimum Gasteiger partial charge on any atom is -0.546 e. The molecule has 0 fully saturated rings. The molecule has 0 aromatic heterocycles. The Morgan fingerprint density at radius 3 is 1.24 bits per heavy atom. The molecule has 0 saturated carbocycles. The zero-order valence-corrected chi connectivity index (χ0v) is 13.6. The summed E-state index contributed by atoms with van der Waals surface area (Å²) in [5, 5.41) is 10.0. The number of carbonyl (C=O) groups excluding carboxylic acids is 1. The summed E-state index contributed by atoms with van der Waals surface area (Å²) in [5.74, 6) is -24.9. The van der Waals surface area contributed by atoms with Crippen molar-refractivity contribution in [2.75, 3.05) is 0 Å². The van der Waals surface area contributed by atoms with E-state index in [2.05, 4.69) is 0 Å². The van der Waals surface area contributed by atoms with Gasteiger partial charge in [-0.25, -0.2) is 4.39 Å². The normalized spacial score (nSPS) is 16.8. The smallest absolute Gasteiger partial charge is 0.546 e. The summed E-state index contributed by atoms with van der Waals surface area (Å²) in [6.45, 7) is 0. The Morgan fingerprint density at radius 2 is 1.00 bits per heavy atom. The van der Waals surface area contributed by atoms with E-state index in [9.17, 15) is 67.0 Å². The van der Waals surface area contributed by atoms with E-state index in [0.29, 0.717) is 0 Å². The number of rotatable bonds is 6. The molecule has 0 rings (SSSR count). The van der Waals surface area contributed by atoms with Crippen LogP contribution in [0.25, 0.3) is 0 Å². The monoisotopic (exact) mass is 414 g/mol. The second-order valence-corrected chi connectivity index (χ2v) is 4.44. The quantitative estimate of drug-likeness (QED) is 0.463. The second kappa shape index (κ2) is 7.29. The van der Waals surface area contributed by atoms with E-state index in [1.165, 1.54) is 0 Å². The molecule has 0 aromatic carbocycles. The van der Waals surface area contributed by atoms with Crippen LogP contribution in [0.5, 0.6) is 0 Å². The fourth-order valence-electron chi connectivity index (χ4n) is 1.25. The molecule has 144 valence electrons. The van der Waals surface area contributed by atoms with Gasteiger partial charge in [-0.05, 0) is 0 Å². The molecule has 0 spiro atoms. The standard InChI is InChI=1S/C9H5F13O2.Na/c10-4(3(23)24,8(17,18)19)1-2-5(11,12)6(13,14)7(15,16)9(20,21)22;/h1-2H2,(H,23,24);/q;+1/p-1. The molecule has 0 aliphatic heterocycles. The minimum atomic E-state index is -7.39. The van der Waals surface area contributed by atoms with Gasteiger partial charge in [-0.1, -0.05) is 0 Å². The first-order valence-corrected chi connectivity index (χ1v) is 5.32. The number of carboxylic acid groups (broad SMARTS) is 1. The predicted molar refractivity (Wildman–Crippen MR) is 45.0 cm³/mol. The number of aliphatic carboxylic acids is 1. The fraction of sp³-hybridized carbons (Fsp3) is 0.889. The Balaban J connectivity index is 0. The molecule has 0 heterocycles. The van der Waals surface area contributed by atoms with E-state index in [1.54, 1.807) is 0 Å². The number of halogens is 13. The molecule has 0 aliphatic carbocycles. The van der Waals surface area contributed by atoms with Crippen LogP contribution in [0, 0.1) is 0 Å². The number of hydrogen-bond donors (Lipinski definition) is 0. The third-order valence-electron chi connectivity index (χ3n) is 2.77. The average Bonchev–Trinajstić information content (AvgIpc) is 2.32. The zero-order valence-electron chi connectivity index (χ0n) is 11.6. The second-order valence-electron chi connectivity index (χ2n) is 4.44. The zero-order chi connectivity index (χ0) is 20.0. The summed E-state index contributed by atoms with van der Waals surface area (Å²) in [6.07, 6.45) is -20.1. The molecule has 0 aromatic rings.